The monoisotopic (exact) mass is 284 g/mol. The molecule has 1 atom stereocenters. The van der Waals surface area contributed by atoms with Gasteiger partial charge in [0.25, 0.3) is 0 Å². The van der Waals surface area contributed by atoms with Crippen molar-refractivity contribution in [2.45, 2.75) is 48.0 Å². The van der Waals surface area contributed by atoms with E-state index in [1.54, 1.807) is 41.5 Å². The van der Waals surface area contributed by atoms with Crippen LogP contribution in [0.4, 0.5) is 0 Å². The second-order valence-corrected chi connectivity index (χ2v) is 6.89. The average molecular weight is 284 g/mol. The van der Waals surface area contributed by atoms with Crippen LogP contribution in [0.15, 0.2) is 0 Å². The molecule has 1 unspecified atom stereocenters. The lowest BCUT2D eigenvalue weighted by Gasteiger charge is -2.23. The van der Waals surface area contributed by atoms with Crippen LogP contribution in [0.5, 0.6) is 0 Å². The molecule has 114 valence electrons. The smallest absolute Gasteiger partial charge is 0.323 e. The Morgan fingerprint density at radius 2 is 1.35 bits per heavy atom. The van der Waals surface area contributed by atoms with Gasteiger partial charge in [-0.3, -0.25) is 19.2 Å². The molecule has 0 rings (SSSR count). The Hall–Kier alpha value is -1.52. The van der Waals surface area contributed by atoms with Crippen LogP contribution in [0.2, 0.25) is 0 Å². The number of ketones is 3. The molecule has 0 aliphatic heterocycles. The molecule has 0 radical (unpaired) electrons. The highest BCUT2D eigenvalue weighted by molar-refractivity contribution is 6.22. The lowest BCUT2D eigenvalue weighted by Crippen LogP contribution is -2.41. The summed E-state index contributed by atoms with van der Waals surface area (Å²) in [5.74, 6) is -3.96. The number of Topliss-reactive ketones (excluding diaryl/α,β-unsaturated/α-hetero) is 3. The van der Waals surface area contributed by atoms with E-state index >= 15 is 0 Å². The molecule has 20 heavy (non-hydrogen) atoms. The summed E-state index contributed by atoms with van der Waals surface area (Å²) in [6.45, 7) is 9.89. The van der Waals surface area contributed by atoms with Crippen molar-refractivity contribution < 1.29 is 23.9 Å². The van der Waals surface area contributed by atoms with Crippen molar-refractivity contribution in [2.75, 3.05) is 7.11 Å². The van der Waals surface area contributed by atoms with Crippen LogP contribution in [-0.2, 0) is 23.9 Å². The molecular weight excluding hydrogens is 260 g/mol. The van der Waals surface area contributed by atoms with Crippen molar-refractivity contribution >= 4 is 23.3 Å². The topological polar surface area (TPSA) is 77.5 Å². The number of methoxy groups -OCH3 is 1. The van der Waals surface area contributed by atoms with Crippen LogP contribution in [0, 0.1) is 16.7 Å². The van der Waals surface area contributed by atoms with Crippen molar-refractivity contribution in [1.82, 2.24) is 0 Å². The summed E-state index contributed by atoms with van der Waals surface area (Å²) < 4.78 is 4.53. The van der Waals surface area contributed by atoms with Crippen LogP contribution in [0.3, 0.4) is 0 Å². The second-order valence-electron chi connectivity index (χ2n) is 6.89. The summed E-state index contributed by atoms with van der Waals surface area (Å²) >= 11 is 0. The average Bonchev–Trinajstić information content (AvgIpc) is 2.26. The number of carbonyl (C=O) groups excluding carboxylic acids is 4. The zero-order valence-corrected chi connectivity index (χ0v) is 13.3. The predicted molar refractivity (Wildman–Crippen MR) is 74.1 cm³/mol. The molecular formula is C15H24O5. The SMILES string of the molecule is COC(=O)C(C(=O)CC(=O)C(C)(C)C)C(=O)C(C)(C)C. The van der Waals surface area contributed by atoms with E-state index in [4.69, 9.17) is 0 Å². The summed E-state index contributed by atoms with van der Waals surface area (Å²) in [6, 6.07) is 0. The van der Waals surface area contributed by atoms with Gasteiger partial charge in [0, 0.05) is 10.8 Å². The third-order valence-corrected chi connectivity index (χ3v) is 2.93. The van der Waals surface area contributed by atoms with Gasteiger partial charge in [-0.1, -0.05) is 41.5 Å². The zero-order valence-electron chi connectivity index (χ0n) is 13.3. The second kappa shape index (κ2) is 6.29. The fraction of sp³-hybridized carbons (Fsp3) is 0.733. The van der Waals surface area contributed by atoms with Gasteiger partial charge < -0.3 is 4.74 Å². The van der Waals surface area contributed by atoms with Gasteiger partial charge in [0.15, 0.2) is 17.5 Å². The fourth-order valence-electron chi connectivity index (χ4n) is 1.46. The van der Waals surface area contributed by atoms with Crippen LogP contribution >= 0.6 is 0 Å². The Kier molecular flexibility index (Phi) is 5.81. The van der Waals surface area contributed by atoms with Gasteiger partial charge in [-0.05, 0) is 0 Å². The number of rotatable bonds is 5. The minimum atomic E-state index is -1.52. The molecule has 5 nitrogen and oxygen atoms in total. The van der Waals surface area contributed by atoms with Gasteiger partial charge in [0.2, 0.25) is 0 Å². The molecule has 0 aromatic carbocycles. The van der Waals surface area contributed by atoms with Crippen molar-refractivity contribution in [2.24, 2.45) is 16.7 Å². The summed E-state index contributed by atoms with van der Waals surface area (Å²) in [6.07, 6.45) is -0.439. The number of ether oxygens (including phenoxy) is 1. The standard InChI is InChI=1S/C15H24O5/c1-14(2,3)10(17)8-9(16)11(13(19)20-7)12(18)15(4,5)6/h11H,8H2,1-7H3. The molecule has 0 aliphatic rings. The maximum atomic E-state index is 12.2. The molecule has 0 amide bonds. The molecule has 0 aliphatic carbocycles. The van der Waals surface area contributed by atoms with Crippen molar-refractivity contribution in [3.05, 3.63) is 0 Å². The van der Waals surface area contributed by atoms with E-state index in [1.807, 2.05) is 0 Å². The molecule has 0 N–H and O–H groups in total. The van der Waals surface area contributed by atoms with Crippen LogP contribution in [-0.4, -0.2) is 30.4 Å². The minimum Gasteiger partial charge on any atom is -0.468 e. The predicted octanol–water partition coefficient (Wildman–Crippen LogP) is 1.97. The molecule has 5 heteroatoms. The Bertz CT molecular complexity index is 421. The van der Waals surface area contributed by atoms with Gasteiger partial charge >= 0.3 is 5.97 Å². The number of hydrogen-bond donors (Lipinski definition) is 0. The number of hydrogen-bond acceptors (Lipinski definition) is 5. The van der Waals surface area contributed by atoms with Gasteiger partial charge in [0.05, 0.1) is 13.5 Å². The lowest BCUT2D eigenvalue weighted by atomic mass is 9.78. The third kappa shape index (κ3) is 4.87. The van der Waals surface area contributed by atoms with E-state index in [0.29, 0.717) is 0 Å². The summed E-state index contributed by atoms with van der Waals surface area (Å²) in [5, 5.41) is 0. The highest BCUT2D eigenvalue weighted by Gasteiger charge is 2.41. The van der Waals surface area contributed by atoms with Gasteiger partial charge in [-0.15, -0.1) is 0 Å². The third-order valence-electron chi connectivity index (χ3n) is 2.93. The molecule has 0 bridgehead atoms. The lowest BCUT2D eigenvalue weighted by molar-refractivity contribution is -0.155. The maximum Gasteiger partial charge on any atom is 0.323 e. The first kappa shape index (κ1) is 18.5. The van der Waals surface area contributed by atoms with E-state index in [-0.39, 0.29) is 5.78 Å². The summed E-state index contributed by atoms with van der Waals surface area (Å²) in [5.41, 5.74) is -1.56. The molecule has 0 heterocycles. The van der Waals surface area contributed by atoms with Crippen molar-refractivity contribution in [3.8, 4) is 0 Å². The van der Waals surface area contributed by atoms with E-state index < -0.39 is 40.7 Å². The Labute approximate surface area is 120 Å². The quantitative estimate of drug-likeness (QED) is 0.569. The highest BCUT2D eigenvalue weighted by Crippen LogP contribution is 2.24. The maximum absolute atomic E-state index is 12.2. The van der Waals surface area contributed by atoms with E-state index in [9.17, 15) is 19.2 Å². The first-order chi connectivity index (χ1) is 8.82. The first-order valence-corrected chi connectivity index (χ1v) is 6.50. The summed E-state index contributed by atoms with van der Waals surface area (Å²) in [4.78, 5) is 47.9. The minimum absolute atomic E-state index is 0.307. The summed E-state index contributed by atoms with van der Waals surface area (Å²) in [7, 11) is 1.12. The molecule has 0 aromatic rings. The molecule has 0 spiro atoms. The van der Waals surface area contributed by atoms with Crippen LogP contribution < -0.4 is 0 Å². The first-order valence-electron chi connectivity index (χ1n) is 6.50. The number of carbonyl (C=O) groups is 4. The van der Waals surface area contributed by atoms with Gasteiger partial charge in [-0.2, -0.15) is 0 Å². The van der Waals surface area contributed by atoms with Gasteiger partial charge in [-0.25, -0.2) is 0 Å². The Morgan fingerprint density at radius 3 is 1.65 bits per heavy atom. The largest absolute Gasteiger partial charge is 0.468 e. The van der Waals surface area contributed by atoms with Crippen LogP contribution in [0.25, 0.3) is 0 Å². The van der Waals surface area contributed by atoms with Crippen molar-refractivity contribution in [1.29, 1.82) is 0 Å². The Balaban J connectivity index is 5.28. The normalized spacial score (nSPS) is 13.6. The molecule has 0 fully saturated rings. The van der Waals surface area contributed by atoms with E-state index in [1.165, 1.54) is 0 Å². The molecule has 0 saturated carbocycles. The molecule has 0 saturated heterocycles. The highest BCUT2D eigenvalue weighted by atomic mass is 16.5. The van der Waals surface area contributed by atoms with E-state index in [0.717, 1.165) is 7.11 Å². The number of esters is 1. The van der Waals surface area contributed by atoms with Crippen molar-refractivity contribution in [3.63, 3.8) is 0 Å². The van der Waals surface area contributed by atoms with Crippen LogP contribution in [0.1, 0.15) is 48.0 Å². The molecule has 0 aromatic heterocycles. The Morgan fingerprint density at radius 1 is 0.900 bits per heavy atom. The fourth-order valence-corrected chi connectivity index (χ4v) is 1.46. The van der Waals surface area contributed by atoms with E-state index in [2.05, 4.69) is 4.74 Å². The zero-order chi connectivity index (χ0) is 16.3. The van der Waals surface area contributed by atoms with Gasteiger partial charge in [0.1, 0.15) is 5.78 Å².